The number of pyridine rings is 1. The number of rotatable bonds is 4. The third-order valence-electron chi connectivity index (χ3n) is 4.41. The van der Waals surface area contributed by atoms with Crippen molar-refractivity contribution in [3.05, 3.63) is 47.1 Å². The molecule has 0 aliphatic heterocycles. The number of hydrogen-bond acceptors (Lipinski definition) is 3. The van der Waals surface area contributed by atoms with Crippen molar-refractivity contribution in [2.75, 3.05) is 10.6 Å². The Kier molecular flexibility index (Phi) is 5.76. The SMILES string of the molecule is Cc1cc(Cl)ccc1Nc1ccc(NC(=O)NC2CCCCC2)nc1. The third-order valence-corrected chi connectivity index (χ3v) is 4.65. The molecule has 1 heterocycles. The Balaban J connectivity index is 1.55. The van der Waals surface area contributed by atoms with Crippen molar-refractivity contribution in [2.45, 2.75) is 45.1 Å². The van der Waals surface area contributed by atoms with Gasteiger partial charge in [-0.1, -0.05) is 30.9 Å². The van der Waals surface area contributed by atoms with Gasteiger partial charge in [0.1, 0.15) is 5.82 Å². The zero-order chi connectivity index (χ0) is 17.6. The summed E-state index contributed by atoms with van der Waals surface area (Å²) in [5, 5.41) is 9.82. The number of urea groups is 1. The van der Waals surface area contributed by atoms with Gasteiger partial charge in [0.05, 0.1) is 11.9 Å². The third kappa shape index (κ3) is 5.10. The molecule has 1 aromatic carbocycles. The first-order chi connectivity index (χ1) is 12.1. The predicted molar refractivity (Wildman–Crippen MR) is 103 cm³/mol. The van der Waals surface area contributed by atoms with E-state index < -0.39 is 0 Å². The molecule has 3 N–H and O–H groups in total. The first-order valence-corrected chi connectivity index (χ1v) is 9.05. The van der Waals surface area contributed by atoms with Gasteiger partial charge in [-0.3, -0.25) is 5.32 Å². The molecular weight excluding hydrogens is 336 g/mol. The molecule has 0 radical (unpaired) electrons. The van der Waals surface area contributed by atoms with E-state index in [1.807, 2.05) is 31.2 Å². The average molecular weight is 359 g/mol. The van der Waals surface area contributed by atoms with E-state index in [1.54, 1.807) is 12.3 Å². The number of amides is 2. The number of anilines is 3. The lowest BCUT2D eigenvalue weighted by atomic mass is 9.96. The summed E-state index contributed by atoms with van der Waals surface area (Å²) in [5.41, 5.74) is 2.88. The summed E-state index contributed by atoms with van der Waals surface area (Å²) in [6.07, 6.45) is 7.46. The molecule has 1 aliphatic carbocycles. The summed E-state index contributed by atoms with van der Waals surface area (Å²) >= 11 is 5.97. The number of aryl methyl sites for hydroxylation is 1. The molecule has 0 atom stereocenters. The molecule has 5 nitrogen and oxygen atoms in total. The van der Waals surface area contributed by atoms with Gasteiger partial charge in [-0.2, -0.15) is 0 Å². The molecule has 3 rings (SSSR count). The second-order valence-electron chi connectivity index (χ2n) is 6.45. The van der Waals surface area contributed by atoms with E-state index in [9.17, 15) is 4.79 Å². The molecule has 2 amide bonds. The van der Waals surface area contributed by atoms with E-state index in [4.69, 9.17) is 11.6 Å². The van der Waals surface area contributed by atoms with Crippen LogP contribution in [0.1, 0.15) is 37.7 Å². The molecule has 132 valence electrons. The molecule has 1 aliphatic rings. The normalized spacial score (nSPS) is 14.8. The van der Waals surface area contributed by atoms with Gasteiger partial charge in [0.15, 0.2) is 0 Å². The van der Waals surface area contributed by atoms with Gasteiger partial charge in [0.25, 0.3) is 0 Å². The lowest BCUT2D eigenvalue weighted by Gasteiger charge is -2.22. The van der Waals surface area contributed by atoms with Crippen LogP contribution in [0.5, 0.6) is 0 Å². The van der Waals surface area contributed by atoms with Gasteiger partial charge in [-0.05, 0) is 55.7 Å². The molecule has 1 aromatic heterocycles. The van der Waals surface area contributed by atoms with Gasteiger partial charge in [0, 0.05) is 16.8 Å². The first-order valence-electron chi connectivity index (χ1n) is 8.67. The molecule has 1 saturated carbocycles. The number of hydrogen-bond donors (Lipinski definition) is 3. The van der Waals surface area contributed by atoms with Gasteiger partial charge in [-0.25, -0.2) is 9.78 Å². The Bertz CT molecular complexity index is 727. The molecule has 6 heteroatoms. The quantitative estimate of drug-likeness (QED) is 0.700. The molecule has 0 bridgehead atoms. The fourth-order valence-electron chi connectivity index (χ4n) is 3.05. The molecule has 25 heavy (non-hydrogen) atoms. The minimum Gasteiger partial charge on any atom is -0.354 e. The maximum Gasteiger partial charge on any atom is 0.320 e. The van der Waals surface area contributed by atoms with Gasteiger partial charge in [-0.15, -0.1) is 0 Å². The maximum atomic E-state index is 12.0. The van der Waals surface area contributed by atoms with E-state index in [-0.39, 0.29) is 12.1 Å². The van der Waals surface area contributed by atoms with Crippen LogP contribution in [-0.4, -0.2) is 17.1 Å². The monoisotopic (exact) mass is 358 g/mol. The summed E-state index contributed by atoms with van der Waals surface area (Å²) in [4.78, 5) is 16.3. The number of aromatic nitrogens is 1. The van der Waals surface area contributed by atoms with Gasteiger partial charge in [0.2, 0.25) is 0 Å². The summed E-state index contributed by atoms with van der Waals surface area (Å²) < 4.78 is 0. The van der Waals surface area contributed by atoms with Crippen molar-refractivity contribution in [1.29, 1.82) is 0 Å². The Morgan fingerprint density at radius 3 is 2.64 bits per heavy atom. The Labute approximate surface area is 153 Å². The zero-order valence-corrected chi connectivity index (χ0v) is 15.1. The minimum atomic E-state index is -0.186. The lowest BCUT2D eigenvalue weighted by molar-refractivity contribution is 0.244. The van der Waals surface area contributed by atoms with Crippen LogP contribution in [0.15, 0.2) is 36.5 Å². The van der Waals surface area contributed by atoms with E-state index in [0.717, 1.165) is 29.8 Å². The van der Waals surface area contributed by atoms with Crippen LogP contribution >= 0.6 is 11.6 Å². The number of nitrogens with zero attached hydrogens (tertiary/aromatic N) is 1. The topological polar surface area (TPSA) is 66.0 Å². The van der Waals surface area contributed by atoms with E-state index in [2.05, 4.69) is 20.9 Å². The predicted octanol–water partition coefficient (Wildman–Crippen LogP) is 5.24. The second-order valence-corrected chi connectivity index (χ2v) is 6.89. The number of benzene rings is 1. The van der Waals surface area contributed by atoms with Gasteiger partial charge >= 0.3 is 6.03 Å². The highest BCUT2D eigenvalue weighted by molar-refractivity contribution is 6.30. The van der Waals surface area contributed by atoms with Crippen molar-refractivity contribution in [2.24, 2.45) is 0 Å². The molecule has 0 unspecified atom stereocenters. The first kappa shape index (κ1) is 17.5. The number of carbonyl (C=O) groups excluding carboxylic acids is 1. The zero-order valence-electron chi connectivity index (χ0n) is 14.3. The number of nitrogens with one attached hydrogen (secondary N) is 3. The van der Waals surface area contributed by atoms with Crippen molar-refractivity contribution in [1.82, 2.24) is 10.3 Å². The summed E-state index contributed by atoms with van der Waals surface area (Å²) in [7, 11) is 0. The maximum absolute atomic E-state index is 12.0. The smallest absolute Gasteiger partial charge is 0.320 e. The van der Waals surface area contributed by atoms with Crippen LogP contribution < -0.4 is 16.0 Å². The minimum absolute atomic E-state index is 0.186. The molecule has 0 spiro atoms. The van der Waals surface area contributed by atoms with Gasteiger partial charge < -0.3 is 10.6 Å². The van der Waals surface area contributed by atoms with Crippen molar-refractivity contribution in [3.8, 4) is 0 Å². The standard InChI is InChI=1S/C19H23ClN4O/c1-13-11-14(20)7-9-17(13)22-16-8-10-18(21-12-16)24-19(25)23-15-5-3-2-4-6-15/h7-12,15,22H,2-6H2,1H3,(H2,21,23,24,25). The van der Waals surface area contributed by atoms with Crippen molar-refractivity contribution in [3.63, 3.8) is 0 Å². The second kappa shape index (κ2) is 8.21. The Morgan fingerprint density at radius 2 is 1.96 bits per heavy atom. The fraction of sp³-hybridized carbons (Fsp3) is 0.368. The van der Waals surface area contributed by atoms with Crippen molar-refractivity contribution < 1.29 is 4.79 Å². The number of halogens is 1. The summed E-state index contributed by atoms with van der Waals surface area (Å²) in [6.45, 7) is 1.99. The Morgan fingerprint density at radius 1 is 1.16 bits per heavy atom. The summed E-state index contributed by atoms with van der Waals surface area (Å²) in [6, 6.07) is 9.45. The van der Waals surface area contributed by atoms with Crippen LogP contribution in [0.4, 0.5) is 22.0 Å². The largest absolute Gasteiger partial charge is 0.354 e. The van der Waals surface area contributed by atoms with Crippen LogP contribution in [0.25, 0.3) is 0 Å². The molecule has 0 saturated heterocycles. The van der Waals surface area contributed by atoms with Crippen LogP contribution in [0.2, 0.25) is 5.02 Å². The highest BCUT2D eigenvalue weighted by Crippen LogP contribution is 2.23. The van der Waals surface area contributed by atoms with E-state index >= 15 is 0 Å². The van der Waals surface area contributed by atoms with Crippen LogP contribution in [0, 0.1) is 6.92 Å². The number of carbonyl (C=O) groups is 1. The van der Waals surface area contributed by atoms with Crippen LogP contribution in [0.3, 0.4) is 0 Å². The fourth-order valence-corrected chi connectivity index (χ4v) is 3.28. The summed E-state index contributed by atoms with van der Waals surface area (Å²) in [5.74, 6) is 0.534. The molecule has 1 fully saturated rings. The molecular formula is C19H23ClN4O. The van der Waals surface area contributed by atoms with E-state index in [1.165, 1.54) is 19.3 Å². The van der Waals surface area contributed by atoms with E-state index in [0.29, 0.717) is 10.8 Å². The highest BCUT2D eigenvalue weighted by atomic mass is 35.5. The Hall–Kier alpha value is -2.27. The van der Waals surface area contributed by atoms with Crippen LogP contribution in [-0.2, 0) is 0 Å². The average Bonchev–Trinajstić information content (AvgIpc) is 2.60. The molecule has 2 aromatic rings. The van der Waals surface area contributed by atoms with Crippen molar-refractivity contribution >= 4 is 34.8 Å². The highest BCUT2D eigenvalue weighted by Gasteiger charge is 2.15. The lowest BCUT2D eigenvalue weighted by Crippen LogP contribution is -2.39.